The van der Waals surface area contributed by atoms with E-state index in [1.165, 1.54) is 0 Å². The van der Waals surface area contributed by atoms with Gasteiger partial charge in [-0.25, -0.2) is 8.51 Å². The topological polar surface area (TPSA) is 60.9 Å². The molecular formula is C26H27ClN2O3S. The molecule has 1 aliphatic heterocycles. The van der Waals surface area contributed by atoms with Crippen molar-refractivity contribution in [3.05, 3.63) is 88.4 Å². The molecule has 0 amide bonds. The standard InChI is InChI=1S/C26H27ClN2O3S/c1-19-2-9-24(10-3-19)33(32)29-14-12-28(13-15-29)18-22-16-20(17-26(30)31)4-11-25(22)21-5-7-23(27)8-6-21/h2-11,16H,12-15,17-18H2,1H3,(H,30,31). The van der Waals surface area contributed by atoms with Crippen molar-refractivity contribution >= 4 is 28.6 Å². The maximum atomic E-state index is 12.9. The van der Waals surface area contributed by atoms with Crippen LogP contribution in [-0.4, -0.2) is 50.7 Å². The summed E-state index contributed by atoms with van der Waals surface area (Å²) in [4.78, 5) is 14.4. The Morgan fingerprint density at radius 2 is 1.64 bits per heavy atom. The molecule has 1 aliphatic rings. The molecule has 0 saturated carbocycles. The quantitative estimate of drug-likeness (QED) is 0.526. The average molecular weight is 483 g/mol. The highest BCUT2D eigenvalue weighted by Crippen LogP contribution is 2.28. The maximum Gasteiger partial charge on any atom is 0.307 e. The number of hydrogen-bond acceptors (Lipinski definition) is 3. The second kappa shape index (κ2) is 10.6. The number of piperazine rings is 1. The van der Waals surface area contributed by atoms with E-state index in [1.54, 1.807) is 0 Å². The predicted octanol–water partition coefficient (Wildman–Crippen LogP) is 4.78. The molecule has 33 heavy (non-hydrogen) atoms. The van der Waals surface area contributed by atoms with Gasteiger partial charge in [-0.3, -0.25) is 9.69 Å². The van der Waals surface area contributed by atoms with Crippen LogP contribution in [-0.2, 0) is 28.7 Å². The zero-order valence-electron chi connectivity index (χ0n) is 18.5. The number of rotatable bonds is 7. The Hall–Kier alpha value is -2.51. The molecule has 0 aromatic heterocycles. The Morgan fingerprint density at radius 1 is 0.970 bits per heavy atom. The van der Waals surface area contributed by atoms with Gasteiger partial charge in [0.1, 0.15) is 11.0 Å². The summed E-state index contributed by atoms with van der Waals surface area (Å²) in [7, 11) is -1.16. The second-order valence-electron chi connectivity index (χ2n) is 8.34. The van der Waals surface area contributed by atoms with E-state index in [0.29, 0.717) is 24.7 Å². The highest BCUT2D eigenvalue weighted by atomic mass is 35.5. The maximum absolute atomic E-state index is 12.9. The first-order chi connectivity index (χ1) is 15.9. The first-order valence-corrected chi connectivity index (χ1v) is 12.4. The first kappa shape index (κ1) is 23.6. The van der Waals surface area contributed by atoms with Crippen LogP contribution in [0.1, 0.15) is 16.7 Å². The molecule has 0 bridgehead atoms. The molecule has 1 fully saturated rings. The molecule has 7 heteroatoms. The minimum Gasteiger partial charge on any atom is -0.481 e. The summed E-state index contributed by atoms with van der Waals surface area (Å²) in [6, 6.07) is 21.4. The van der Waals surface area contributed by atoms with E-state index in [4.69, 9.17) is 11.6 Å². The SMILES string of the molecule is Cc1ccc(S(=O)N2CCN(Cc3cc(CC(=O)O)ccc3-c3ccc(Cl)cc3)CC2)cc1. The lowest BCUT2D eigenvalue weighted by Crippen LogP contribution is -2.46. The van der Waals surface area contributed by atoms with Crippen molar-refractivity contribution in [3.8, 4) is 11.1 Å². The lowest BCUT2D eigenvalue weighted by molar-refractivity contribution is -0.136. The van der Waals surface area contributed by atoms with Crippen molar-refractivity contribution in [2.75, 3.05) is 26.2 Å². The van der Waals surface area contributed by atoms with Crippen LogP contribution in [0.4, 0.5) is 0 Å². The number of aliphatic carboxylic acids is 1. The van der Waals surface area contributed by atoms with Gasteiger partial charge >= 0.3 is 5.97 Å². The minimum atomic E-state index is -1.16. The molecular weight excluding hydrogens is 456 g/mol. The third-order valence-electron chi connectivity index (χ3n) is 5.86. The van der Waals surface area contributed by atoms with Gasteiger partial charge in [0, 0.05) is 37.7 Å². The molecule has 3 aromatic rings. The second-order valence-corrected chi connectivity index (χ2v) is 10.3. The summed E-state index contributed by atoms with van der Waals surface area (Å²) in [6.45, 7) is 5.74. The van der Waals surface area contributed by atoms with Crippen molar-refractivity contribution in [1.29, 1.82) is 0 Å². The van der Waals surface area contributed by atoms with Gasteiger partial charge < -0.3 is 5.11 Å². The van der Waals surface area contributed by atoms with Crippen LogP contribution in [0.2, 0.25) is 5.02 Å². The van der Waals surface area contributed by atoms with Crippen LogP contribution in [0.5, 0.6) is 0 Å². The number of hydrogen-bond donors (Lipinski definition) is 1. The van der Waals surface area contributed by atoms with E-state index in [9.17, 15) is 14.1 Å². The third kappa shape index (κ3) is 6.09. The van der Waals surface area contributed by atoms with Gasteiger partial charge in [0.2, 0.25) is 0 Å². The normalized spacial score (nSPS) is 15.9. The molecule has 0 spiro atoms. The summed E-state index contributed by atoms with van der Waals surface area (Å²) < 4.78 is 15.0. The number of carboxylic acids is 1. The summed E-state index contributed by atoms with van der Waals surface area (Å²) in [6.07, 6.45) is -0.00277. The van der Waals surface area contributed by atoms with Gasteiger partial charge in [-0.2, -0.15) is 0 Å². The van der Waals surface area contributed by atoms with Crippen molar-refractivity contribution in [2.24, 2.45) is 0 Å². The fourth-order valence-corrected chi connectivity index (χ4v) is 5.36. The first-order valence-electron chi connectivity index (χ1n) is 10.9. The van der Waals surface area contributed by atoms with Gasteiger partial charge in [0.25, 0.3) is 0 Å². The molecule has 172 valence electrons. The number of carbonyl (C=O) groups is 1. The van der Waals surface area contributed by atoms with Crippen molar-refractivity contribution < 1.29 is 14.1 Å². The van der Waals surface area contributed by atoms with E-state index in [1.807, 2.05) is 78.0 Å². The highest BCUT2D eigenvalue weighted by Gasteiger charge is 2.23. The number of nitrogens with zero attached hydrogens (tertiary/aromatic N) is 2. The van der Waals surface area contributed by atoms with Gasteiger partial charge in [-0.05, 0) is 53.4 Å². The molecule has 0 aliphatic carbocycles. The van der Waals surface area contributed by atoms with Gasteiger partial charge in [0.05, 0.1) is 11.3 Å². The molecule has 5 nitrogen and oxygen atoms in total. The molecule has 4 rings (SSSR count). The lowest BCUT2D eigenvalue weighted by Gasteiger charge is -2.34. The van der Waals surface area contributed by atoms with E-state index in [2.05, 4.69) is 4.90 Å². The van der Waals surface area contributed by atoms with Crippen molar-refractivity contribution in [2.45, 2.75) is 24.8 Å². The molecule has 1 atom stereocenters. The Bertz CT molecular complexity index is 1140. The van der Waals surface area contributed by atoms with E-state index >= 15 is 0 Å². The van der Waals surface area contributed by atoms with E-state index < -0.39 is 17.0 Å². The lowest BCUT2D eigenvalue weighted by atomic mass is 9.96. The van der Waals surface area contributed by atoms with Crippen LogP contribution in [0.15, 0.2) is 71.6 Å². The van der Waals surface area contributed by atoms with Gasteiger partial charge in [-0.1, -0.05) is 59.6 Å². The summed E-state index contributed by atoms with van der Waals surface area (Å²) in [5.74, 6) is -0.840. The monoisotopic (exact) mass is 482 g/mol. The third-order valence-corrected chi connectivity index (χ3v) is 7.62. The van der Waals surface area contributed by atoms with Gasteiger partial charge in [0.15, 0.2) is 0 Å². The van der Waals surface area contributed by atoms with Crippen molar-refractivity contribution in [3.63, 3.8) is 0 Å². The number of halogens is 1. The fraction of sp³-hybridized carbons (Fsp3) is 0.269. The summed E-state index contributed by atoms with van der Waals surface area (Å²) in [5.41, 5.74) is 5.16. The predicted molar refractivity (Wildman–Crippen MR) is 133 cm³/mol. The number of carboxylic acid groups (broad SMARTS) is 1. The minimum absolute atomic E-state index is 0.00277. The van der Waals surface area contributed by atoms with Crippen LogP contribution in [0.25, 0.3) is 11.1 Å². The van der Waals surface area contributed by atoms with E-state index in [-0.39, 0.29) is 6.42 Å². The zero-order chi connectivity index (χ0) is 23.4. The Labute approximate surface area is 202 Å². The van der Waals surface area contributed by atoms with Crippen LogP contribution in [0.3, 0.4) is 0 Å². The van der Waals surface area contributed by atoms with Crippen LogP contribution < -0.4 is 0 Å². The molecule has 0 radical (unpaired) electrons. The molecule has 1 N–H and O–H groups in total. The molecule has 1 heterocycles. The smallest absolute Gasteiger partial charge is 0.307 e. The Morgan fingerprint density at radius 3 is 2.27 bits per heavy atom. The number of aryl methyl sites for hydroxylation is 1. The van der Waals surface area contributed by atoms with Crippen molar-refractivity contribution in [1.82, 2.24) is 9.21 Å². The van der Waals surface area contributed by atoms with Gasteiger partial charge in [-0.15, -0.1) is 0 Å². The van der Waals surface area contributed by atoms with Crippen LogP contribution >= 0.6 is 11.6 Å². The number of benzene rings is 3. The molecule has 1 unspecified atom stereocenters. The summed E-state index contributed by atoms with van der Waals surface area (Å²) >= 11 is 6.07. The summed E-state index contributed by atoms with van der Waals surface area (Å²) in [5, 5.41) is 9.91. The molecule has 3 aromatic carbocycles. The van der Waals surface area contributed by atoms with Crippen LogP contribution in [0, 0.1) is 6.92 Å². The highest BCUT2D eigenvalue weighted by molar-refractivity contribution is 7.82. The Kier molecular flexibility index (Phi) is 7.60. The average Bonchev–Trinajstić information content (AvgIpc) is 2.80. The fourth-order valence-electron chi connectivity index (χ4n) is 4.07. The zero-order valence-corrected chi connectivity index (χ0v) is 20.1. The largest absolute Gasteiger partial charge is 0.481 e. The van der Waals surface area contributed by atoms with E-state index in [0.717, 1.165) is 45.8 Å². The Balaban J connectivity index is 1.48. The molecule has 1 saturated heterocycles.